The summed E-state index contributed by atoms with van der Waals surface area (Å²) in [5.41, 5.74) is 4.41. The van der Waals surface area contributed by atoms with Gasteiger partial charge in [0.2, 0.25) is 0 Å². The number of hydrogen-bond donors (Lipinski definition) is 0. The zero-order valence-electron chi connectivity index (χ0n) is 21.3. The Balaban J connectivity index is 1.68. The summed E-state index contributed by atoms with van der Waals surface area (Å²) in [6.07, 6.45) is 1.80. The molecule has 0 unspecified atom stereocenters. The van der Waals surface area contributed by atoms with E-state index in [1.165, 1.54) is 40.2 Å². The third-order valence-corrected chi connectivity index (χ3v) is 7.53. The summed E-state index contributed by atoms with van der Waals surface area (Å²) in [4.78, 5) is 31.8. The number of fused-ring (bicyclic) bond motifs is 1. The van der Waals surface area contributed by atoms with Gasteiger partial charge in [0, 0.05) is 17.1 Å². The molecule has 0 aliphatic carbocycles. The van der Waals surface area contributed by atoms with Gasteiger partial charge in [0.25, 0.3) is 5.56 Å². The molecule has 4 aromatic rings. The lowest BCUT2D eigenvalue weighted by Crippen LogP contribution is -2.39. The average molecular weight is 534 g/mol. The minimum absolute atomic E-state index is 0.167. The molecule has 3 heterocycles. The van der Waals surface area contributed by atoms with E-state index in [0.29, 0.717) is 20.6 Å². The summed E-state index contributed by atoms with van der Waals surface area (Å²) < 4.78 is 36.4. The van der Waals surface area contributed by atoms with Crippen molar-refractivity contribution in [2.45, 2.75) is 33.7 Å². The fourth-order valence-corrected chi connectivity index (χ4v) is 5.85. The summed E-state index contributed by atoms with van der Waals surface area (Å²) in [6.45, 7) is 7.46. The normalized spacial score (nSPS) is 15.4. The minimum atomic E-state index is -0.806. The Hall–Kier alpha value is -4.11. The average Bonchev–Trinajstić information content (AvgIpc) is 3.34. The Bertz CT molecular complexity index is 1760. The number of thiazole rings is 1. The van der Waals surface area contributed by atoms with Gasteiger partial charge in [0.05, 0.1) is 28.5 Å². The number of hydrogen-bond acceptors (Lipinski definition) is 5. The van der Waals surface area contributed by atoms with Crippen molar-refractivity contribution in [3.05, 3.63) is 120 Å². The predicted molar refractivity (Wildman–Crippen MR) is 142 cm³/mol. The second-order valence-corrected chi connectivity index (χ2v) is 10.0. The van der Waals surface area contributed by atoms with Crippen molar-refractivity contribution in [2.24, 2.45) is 4.99 Å². The zero-order chi connectivity index (χ0) is 27.1. The molecule has 0 N–H and O–H groups in total. The van der Waals surface area contributed by atoms with Gasteiger partial charge in [0.1, 0.15) is 11.6 Å². The van der Waals surface area contributed by atoms with Gasteiger partial charge in [0.15, 0.2) is 4.80 Å². The van der Waals surface area contributed by atoms with Crippen LogP contribution in [0, 0.1) is 25.5 Å². The van der Waals surface area contributed by atoms with Crippen LogP contribution in [0.15, 0.2) is 75.7 Å². The van der Waals surface area contributed by atoms with E-state index >= 15 is 0 Å². The maximum atomic E-state index is 13.8. The van der Waals surface area contributed by atoms with Gasteiger partial charge in [-0.15, -0.1) is 0 Å². The van der Waals surface area contributed by atoms with Crippen LogP contribution >= 0.6 is 11.3 Å². The number of halogens is 2. The summed E-state index contributed by atoms with van der Waals surface area (Å²) in [6, 6.07) is 13.1. The number of allylic oxidation sites excluding steroid dienone is 1. The number of benzene rings is 2. The lowest BCUT2D eigenvalue weighted by molar-refractivity contribution is -0.139. The van der Waals surface area contributed by atoms with Crippen LogP contribution < -0.4 is 14.9 Å². The van der Waals surface area contributed by atoms with Crippen LogP contribution in [0.2, 0.25) is 0 Å². The number of nitrogens with zero attached hydrogens (tertiary/aromatic N) is 3. The van der Waals surface area contributed by atoms with E-state index in [1.807, 2.05) is 24.5 Å². The molecule has 0 amide bonds. The topological polar surface area (TPSA) is 65.6 Å². The molecule has 1 aliphatic rings. The number of rotatable bonds is 5. The van der Waals surface area contributed by atoms with E-state index < -0.39 is 17.8 Å². The second kappa shape index (κ2) is 9.98. The molecule has 0 fully saturated rings. The largest absolute Gasteiger partial charge is 0.463 e. The van der Waals surface area contributed by atoms with Crippen LogP contribution in [0.1, 0.15) is 42.4 Å². The molecule has 6 nitrogen and oxygen atoms in total. The van der Waals surface area contributed by atoms with Gasteiger partial charge in [-0.1, -0.05) is 23.5 Å². The number of aromatic nitrogens is 2. The zero-order valence-corrected chi connectivity index (χ0v) is 22.1. The number of carbonyl (C=O) groups excluding carboxylic acids is 1. The third-order valence-electron chi connectivity index (χ3n) is 6.54. The van der Waals surface area contributed by atoms with Crippen molar-refractivity contribution in [3.8, 4) is 5.69 Å². The standard InChI is InChI=1S/C29H25F2N3O3S/c1-5-37-28(36)25-17(3)32-29-34(26(25)19-6-8-21(30)9-7-19)27(35)24(38-29)15-20-14-16(2)33(18(20)4)23-12-10-22(31)11-13-23/h6-15,26H,5H2,1-4H3/b24-15-/t26-/m0/s1. The van der Waals surface area contributed by atoms with E-state index in [0.717, 1.165) is 22.6 Å². The molecule has 0 spiro atoms. The van der Waals surface area contributed by atoms with Crippen molar-refractivity contribution >= 4 is 23.4 Å². The van der Waals surface area contributed by atoms with Gasteiger partial charge < -0.3 is 9.30 Å². The van der Waals surface area contributed by atoms with Gasteiger partial charge >= 0.3 is 5.97 Å². The first-order valence-electron chi connectivity index (χ1n) is 12.1. The number of esters is 1. The van der Waals surface area contributed by atoms with Crippen LogP contribution in [0.5, 0.6) is 0 Å². The highest BCUT2D eigenvalue weighted by Gasteiger charge is 2.33. The molecule has 2 aromatic carbocycles. The van der Waals surface area contributed by atoms with E-state index in [9.17, 15) is 18.4 Å². The van der Waals surface area contributed by atoms with Gasteiger partial charge in [-0.05, 0) is 87.4 Å². The molecular weight excluding hydrogens is 508 g/mol. The van der Waals surface area contributed by atoms with E-state index in [4.69, 9.17) is 4.74 Å². The van der Waals surface area contributed by atoms with Crippen molar-refractivity contribution in [3.63, 3.8) is 0 Å². The quantitative estimate of drug-likeness (QED) is 0.355. The molecule has 0 saturated carbocycles. The highest BCUT2D eigenvalue weighted by molar-refractivity contribution is 7.07. The molecule has 0 saturated heterocycles. The summed E-state index contributed by atoms with van der Waals surface area (Å²) in [5, 5.41) is 0. The Kier molecular flexibility index (Phi) is 6.71. The Morgan fingerprint density at radius 1 is 1.05 bits per heavy atom. The minimum Gasteiger partial charge on any atom is -0.463 e. The Morgan fingerprint density at radius 2 is 1.68 bits per heavy atom. The first-order chi connectivity index (χ1) is 18.2. The molecule has 1 aliphatic heterocycles. The van der Waals surface area contributed by atoms with E-state index in [1.54, 1.807) is 44.2 Å². The monoisotopic (exact) mass is 533 g/mol. The van der Waals surface area contributed by atoms with Crippen LogP contribution in [-0.2, 0) is 9.53 Å². The first kappa shape index (κ1) is 25.5. The maximum absolute atomic E-state index is 13.8. The van der Waals surface area contributed by atoms with Crippen molar-refractivity contribution in [1.82, 2.24) is 9.13 Å². The van der Waals surface area contributed by atoms with Crippen LogP contribution in [-0.4, -0.2) is 21.7 Å². The molecule has 194 valence electrons. The number of carbonyl (C=O) groups is 1. The smallest absolute Gasteiger partial charge is 0.338 e. The van der Waals surface area contributed by atoms with Gasteiger partial charge in [-0.3, -0.25) is 9.36 Å². The Labute approximate surface area is 221 Å². The highest BCUT2D eigenvalue weighted by Crippen LogP contribution is 2.31. The highest BCUT2D eigenvalue weighted by atomic mass is 32.1. The van der Waals surface area contributed by atoms with E-state index in [2.05, 4.69) is 4.99 Å². The number of ether oxygens (including phenoxy) is 1. The number of aryl methyl sites for hydroxylation is 1. The van der Waals surface area contributed by atoms with Gasteiger partial charge in [-0.25, -0.2) is 18.6 Å². The molecule has 38 heavy (non-hydrogen) atoms. The summed E-state index contributed by atoms with van der Waals surface area (Å²) in [7, 11) is 0. The molecule has 9 heteroatoms. The SMILES string of the molecule is CCOC(=O)C1=C(C)N=c2s/c(=C\c3cc(C)n(-c4ccc(F)cc4)c3C)c(=O)n2[C@H]1c1ccc(F)cc1. The van der Waals surface area contributed by atoms with E-state index in [-0.39, 0.29) is 23.6 Å². The molecule has 0 radical (unpaired) electrons. The third kappa shape index (κ3) is 4.43. The summed E-state index contributed by atoms with van der Waals surface area (Å²) in [5.74, 6) is -1.30. The van der Waals surface area contributed by atoms with Crippen LogP contribution in [0.25, 0.3) is 11.8 Å². The lowest BCUT2D eigenvalue weighted by Gasteiger charge is -2.24. The predicted octanol–water partition coefficient (Wildman–Crippen LogP) is 4.48. The molecule has 5 rings (SSSR count). The van der Waals surface area contributed by atoms with Gasteiger partial charge in [-0.2, -0.15) is 0 Å². The first-order valence-corrected chi connectivity index (χ1v) is 12.9. The van der Waals surface area contributed by atoms with Crippen molar-refractivity contribution in [2.75, 3.05) is 6.61 Å². The second-order valence-electron chi connectivity index (χ2n) is 8.99. The summed E-state index contributed by atoms with van der Waals surface area (Å²) >= 11 is 1.22. The Morgan fingerprint density at radius 3 is 2.32 bits per heavy atom. The lowest BCUT2D eigenvalue weighted by atomic mass is 9.96. The fraction of sp³-hybridized carbons (Fsp3) is 0.207. The van der Waals surface area contributed by atoms with Crippen molar-refractivity contribution < 1.29 is 18.3 Å². The molecule has 0 bridgehead atoms. The van der Waals surface area contributed by atoms with Crippen LogP contribution in [0.4, 0.5) is 8.78 Å². The van der Waals surface area contributed by atoms with Crippen molar-refractivity contribution in [1.29, 1.82) is 0 Å². The van der Waals surface area contributed by atoms with Crippen LogP contribution in [0.3, 0.4) is 0 Å². The molecule has 1 atom stereocenters. The maximum Gasteiger partial charge on any atom is 0.338 e. The molecule has 2 aromatic heterocycles. The fourth-order valence-electron chi connectivity index (χ4n) is 4.81. The molecular formula is C29H25F2N3O3S.